The summed E-state index contributed by atoms with van der Waals surface area (Å²) < 4.78 is 15.0. The molecule has 3 rings (SSSR count). The fourth-order valence-corrected chi connectivity index (χ4v) is 3.41. The zero-order chi connectivity index (χ0) is 22.2. The van der Waals surface area contributed by atoms with E-state index in [4.69, 9.17) is 14.2 Å². The molecule has 0 radical (unpaired) electrons. The van der Waals surface area contributed by atoms with Crippen molar-refractivity contribution in [3.05, 3.63) is 59.7 Å². The Balaban J connectivity index is 1.51. The van der Waals surface area contributed by atoms with E-state index in [9.17, 15) is 14.4 Å². The maximum atomic E-state index is 12.8. The number of carbonyl (C=O) groups is 3. The van der Waals surface area contributed by atoms with Crippen LogP contribution in [0.3, 0.4) is 0 Å². The Morgan fingerprint density at radius 1 is 1.03 bits per heavy atom. The number of para-hydroxylation sites is 1. The van der Waals surface area contributed by atoms with Gasteiger partial charge >= 0.3 is 6.16 Å². The molecule has 0 aromatic heterocycles. The average molecular weight is 426 g/mol. The van der Waals surface area contributed by atoms with Gasteiger partial charge in [0.2, 0.25) is 0 Å². The van der Waals surface area contributed by atoms with E-state index < -0.39 is 6.16 Å². The lowest BCUT2D eigenvalue weighted by atomic mass is 10.0. The van der Waals surface area contributed by atoms with Gasteiger partial charge in [0, 0.05) is 24.7 Å². The highest BCUT2D eigenvalue weighted by Crippen LogP contribution is 2.22. The third-order valence-electron chi connectivity index (χ3n) is 5.03. The zero-order valence-corrected chi connectivity index (χ0v) is 17.6. The van der Waals surface area contributed by atoms with Gasteiger partial charge in [-0.3, -0.25) is 9.59 Å². The first-order valence-corrected chi connectivity index (χ1v) is 10.2. The number of carbonyl (C=O) groups excluding carboxylic acids is 3. The predicted molar refractivity (Wildman–Crippen MR) is 113 cm³/mol. The van der Waals surface area contributed by atoms with Crippen LogP contribution in [-0.2, 0) is 4.74 Å². The zero-order valence-electron chi connectivity index (χ0n) is 17.6. The van der Waals surface area contributed by atoms with Gasteiger partial charge in [-0.2, -0.15) is 0 Å². The molecular formula is C23H26N2O6. The van der Waals surface area contributed by atoms with Crippen LogP contribution in [0.4, 0.5) is 4.79 Å². The molecule has 2 aromatic carbocycles. The summed E-state index contributed by atoms with van der Waals surface area (Å²) in [5.74, 6) is 0.577. The van der Waals surface area contributed by atoms with Crippen molar-refractivity contribution in [2.75, 3.05) is 26.8 Å². The smallest absolute Gasteiger partial charge is 0.496 e. The Morgan fingerprint density at radius 3 is 2.35 bits per heavy atom. The summed E-state index contributed by atoms with van der Waals surface area (Å²) in [6, 6.07) is 13.4. The molecule has 8 nitrogen and oxygen atoms in total. The second kappa shape index (κ2) is 10.5. The van der Waals surface area contributed by atoms with E-state index in [1.165, 1.54) is 0 Å². The Labute approximate surface area is 181 Å². The maximum Gasteiger partial charge on any atom is 0.513 e. The third-order valence-corrected chi connectivity index (χ3v) is 5.03. The molecular weight excluding hydrogens is 400 g/mol. The average Bonchev–Trinajstić information content (AvgIpc) is 2.79. The number of nitrogens with one attached hydrogen (secondary N) is 1. The molecule has 2 aromatic rings. The minimum absolute atomic E-state index is 0.0234. The van der Waals surface area contributed by atoms with Gasteiger partial charge in [0.15, 0.2) is 0 Å². The van der Waals surface area contributed by atoms with Gasteiger partial charge < -0.3 is 24.4 Å². The van der Waals surface area contributed by atoms with E-state index in [0.29, 0.717) is 48.6 Å². The highest BCUT2D eigenvalue weighted by molar-refractivity contribution is 5.97. The van der Waals surface area contributed by atoms with Crippen LogP contribution >= 0.6 is 0 Å². The van der Waals surface area contributed by atoms with Crippen LogP contribution in [0.2, 0.25) is 0 Å². The highest BCUT2D eigenvalue weighted by Gasteiger charge is 2.26. The molecule has 0 aliphatic carbocycles. The quantitative estimate of drug-likeness (QED) is 0.563. The molecule has 1 aliphatic heterocycles. The van der Waals surface area contributed by atoms with Crippen molar-refractivity contribution >= 4 is 18.0 Å². The van der Waals surface area contributed by atoms with E-state index in [1.807, 2.05) is 12.1 Å². The Hall–Kier alpha value is -3.55. The van der Waals surface area contributed by atoms with Gasteiger partial charge in [-0.15, -0.1) is 0 Å². The number of benzene rings is 2. The van der Waals surface area contributed by atoms with Crippen molar-refractivity contribution in [2.45, 2.75) is 25.8 Å². The third kappa shape index (κ3) is 5.75. The molecule has 1 aliphatic rings. The number of nitrogens with zero attached hydrogens (tertiary/aromatic N) is 1. The first-order chi connectivity index (χ1) is 15.0. The SMILES string of the molecule is CCOC(=O)Oc1ccc(C(=O)NC2CCN(C(=O)c3ccccc3OC)CC2)cc1. The molecule has 1 saturated heterocycles. The summed E-state index contributed by atoms with van der Waals surface area (Å²) in [4.78, 5) is 38.4. The van der Waals surface area contributed by atoms with Gasteiger partial charge in [0.25, 0.3) is 11.8 Å². The topological polar surface area (TPSA) is 94.2 Å². The van der Waals surface area contributed by atoms with Crippen molar-refractivity contribution in [1.29, 1.82) is 0 Å². The van der Waals surface area contributed by atoms with Crippen LogP contribution in [0.15, 0.2) is 48.5 Å². The van der Waals surface area contributed by atoms with Crippen LogP contribution in [-0.4, -0.2) is 55.7 Å². The summed E-state index contributed by atoms with van der Waals surface area (Å²) in [5, 5.41) is 3.00. The number of methoxy groups -OCH3 is 1. The van der Waals surface area contributed by atoms with Crippen molar-refractivity contribution < 1.29 is 28.6 Å². The van der Waals surface area contributed by atoms with E-state index in [1.54, 1.807) is 55.3 Å². The number of ether oxygens (including phenoxy) is 3. The molecule has 0 spiro atoms. The lowest BCUT2D eigenvalue weighted by Gasteiger charge is -2.32. The molecule has 0 atom stereocenters. The normalized spacial score (nSPS) is 13.9. The highest BCUT2D eigenvalue weighted by atomic mass is 16.7. The van der Waals surface area contributed by atoms with Crippen LogP contribution in [0.25, 0.3) is 0 Å². The number of likely N-dealkylation sites (tertiary alicyclic amines) is 1. The molecule has 1 fully saturated rings. The predicted octanol–water partition coefficient (Wildman–Crippen LogP) is 3.27. The molecule has 0 bridgehead atoms. The molecule has 164 valence electrons. The largest absolute Gasteiger partial charge is 0.513 e. The summed E-state index contributed by atoms with van der Waals surface area (Å²) in [6.07, 6.45) is 0.544. The summed E-state index contributed by atoms with van der Waals surface area (Å²) in [6.45, 7) is 3.01. The molecule has 2 amide bonds. The number of amides is 2. The lowest BCUT2D eigenvalue weighted by molar-refractivity contribution is 0.0694. The molecule has 0 unspecified atom stereocenters. The van der Waals surface area contributed by atoms with Gasteiger partial charge in [-0.25, -0.2) is 4.79 Å². The van der Waals surface area contributed by atoms with Gasteiger partial charge in [-0.05, 0) is 56.2 Å². The molecule has 31 heavy (non-hydrogen) atoms. The van der Waals surface area contributed by atoms with Crippen molar-refractivity contribution in [1.82, 2.24) is 10.2 Å². The first kappa shape index (κ1) is 22.1. The maximum absolute atomic E-state index is 12.8. The van der Waals surface area contributed by atoms with E-state index >= 15 is 0 Å². The molecule has 0 saturated carbocycles. The van der Waals surface area contributed by atoms with Gasteiger partial charge in [-0.1, -0.05) is 12.1 Å². The molecule has 1 heterocycles. The van der Waals surface area contributed by atoms with Gasteiger partial charge in [0.1, 0.15) is 11.5 Å². The number of piperidine rings is 1. The van der Waals surface area contributed by atoms with Gasteiger partial charge in [0.05, 0.1) is 19.3 Å². The van der Waals surface area contributed by atoms with Crippen molar-refractivity contribution in [3.8, 4) is 11.5 Å². The van der Waals surface area contributed by atoms with Crippen LogP contribution in [0.1, 0.15) is 40.5 Å². The van der Waals surface area contributed by atoms with E-state index in [-0.39, 0.29) is 24.5 Å². The van der Waals surface area contributed by atoms with Crippen molar-refractivity contribution in [3.63, 3.8) is 0 Å². The fraction of sp³-hybridized carbons (Fsp3) is 0.348. The fourth-order valence-electron chi connectivity index (χ4n) is 3.41. The standard InChI is InChI=1S/C23H26N2O6/c1-3-30-23(28)31-18-10-8-16(9-11-18)21(26)24-17-12-14-25(15-13-17)22(27)19-6-4-5-7-20(19)29-2/h4-11,17H,3,12-15H2,1-2H3,(H,24,26). The Kier molecular flexibility index (Phi) is 7.48. The lowest BCUT2D eigenvalue weighted by Crippen LogP contribution is -2.46. The number of hydrogen-bond acceptors (Lipinski definition) is 6. The summed E-state index contributed by atoms with van der Waals surface area (Å²) in [5.41, 5.74) is 1.00. The van der Waals surface area contributed by atoms with E-state index in [0.717, 1.165) is 0 Å². The Morgan fingerprint density at radius 2 is 1.71 bits per heavy atom. The minimum Gasteiger partial charge on any atom is -0.496 e. The summed E-state index contributed by atoms with van der Waals surface area (Å²) >= 11 is 0. The van der Waals surface area contributed by atoms with E-state index in [2.05, 4.69) is 5.32 Å². The van der Waals surface area contributed by atoms with Crippen LogP contribution in [0, 0.1) is 0 Å². The summed E-state index contributed by atoms with van der Waals surface area (Å²) in [7, 11) is 1.55. The number of rotatable bonds is 6. The second-order valence-corrected chi connectivity index (χ2v) is 7.05. The van der Waals surface area contributed by atoms with Crippen LogP contribution in [0.5, 0.6) is 11.5 Å². The van der Waals surface area contributed by atoms with Crippen molar-refractivity contribution in [2.24, 2.45) is 0 Å². The monoisotopic (exact) mass is 426 g/mol. The Bertz CT molecular complexity index is 920. The molecule has 1 N–H and O–H groups in total. The van der Waals surface area contributed by atoms with Crippen LogP contribution < -0.4 is 14.8 Å². The second-order valence-electron chi connectivity index (χ2n) is 7.05. The molecule has 8 heteroatoms. The first-order valence-electron chi connectivity index (χ1n) is 10.2. The minimum atomic E-state index is -0.783. The number of hydrogen-bond donors (Lipinski definition) is 1.